The van der Waals surface area contributed by atoms with Gasteiger partial charge in [-0.1, -0.05) is 23.2 Å². The molecular weight excluding hydrogens is 515 g/mol. The Bertz CT molecular complexity index is 1340. The molecule has 0 saturated heterocycles. The topological polar surface area (TPSA) is 155 Å². The van der Waals surface area contributed by atoms with Gasteiger partial charge in [0.1, 0.15) is 5.52 Å². The second-order valence-corrected chi connectivity index (χ2v) is 10.6. The summed E-state index contributed by atoms with van der Waals surface area (Å²) >= 11 is 12.9. The van der Waals surface area contributed by atoms with Crippen LogP contribution < -0.4 is 16.4 Å². The first-order valence-corrected chi connectivity index (χ1v) is 13.2. The number of primary amides is 1. The van der Waals surface area contributed by atoms with Gasteiger partial charge in [0.25, 0.3) is 0 Å². The molecule has 2 saturated carbocycles. The Morgan fingerprint density at radius 1 is 1.14 bits per heavy atom. The molecule has 1 aromatic carbocycles. The lowest BCUT2D eigenvalue weighted by Gasteiger charge is -2.29. The number of aliphatic hydroxyl groups is 1. The molecule has 194 valence electrons. The Morgan fingerprint density at radius 2 is 1.86 bits per heavy atom. The fraction of sp³-hybridized carbons (Fsp3) is 0.480. The number of imidazole rings is 1. The molecule has 2 atom stereocenters. The molecule has 37 heavy (non-hydrogen) atoms. The third-order valence-electron chi connectivity index (χ3n) is 7.28. The third kappa shape index (κ3) is 5.44. The van der Waals surface area contributed by atoms with Crippen molar-refractivity contribution in [3.63, 3.8) is 0 Å². The van der Waals surface area contributed by atoms with Crippen molar-refractivity contribution in [1.82, 2.24) is 19.5 Å². The predicted octanol–water partition coefficient (Wildman–Crippen LogP) is 4.68. The van der Waals surface area contributed by atoms with E-state index in [0.717, 1.165) is 32.1 Å². The molecule has 2 aliphatic rings. The monoisotopic (exact) mass is 542 g/mol. The normalized spacial score (nSPS) is 23.9. The Morgan fingerprint density at radius 3 is 2.51 bits per heavy atom. The standard InChI is InChI=1S/C25H28Cl2N8O2/c26-18-8-13(11-28)9-19(27)21(18)33-25-32-20-12-30-24(31-15-2-1-3-17(36)10-15)34-23(20)35(25)16-6-4-14(5-7-16)22(29)37/h8-9,12,14-17,36H,1-7,10H2,(H2,29,37)(H,32,33)(H,30,31,34)/t14?,15?,16?,17-/m1/s1. The van der Waals surface area contributed by atoms with E-state index >= 15 is 0 Å². The van der Waals surface area contributed by atoms with Crippen LogP contribution in [0.3, 0.4) is 0 Å². The first-order chi connectivity index (χ1) is 17.8. The zero-order chi connectivity index (χ0) is 26.1. The minimum Gasteiger partial charge on any atom is -0.393 e. The van der Waals surface area contributed by atoms with Crippen LogP contribution in [0, 0.1) is 17.2 Å². The molecule has 2 aromatic heterocycles. The first-order valence-electron chi connectivity index (χ1n) is 12.5. The van der Waals surface area contributed by atoms with Crippen molar-refractivity contribution in [2.45, 2.75) is 69.6 Å². The zero-order valence-corrected chi connectivity index (χ0v) is 21.6. The number of halogens is 2. The van der Waals surface area contributed by atoms with Crippen molar-refractivity contribution >= 4 is 57.9 Å². The summed E-state index contributed by atoms with van der Waals surface area (Å²) in [6.45, 7) is 0. The fourth-order valence-electron chi connectivity index (χ4n) is 5.36. The van der Waals surface area contributed by atoms with E-state index < -0.39 is 0 Å². The van der Waals surface area contributed by atoms with Crippen molar-refractivity contribution < 1.29 is 9.90 Å². The summed E-state index contributed by atoms with van der Waals surface area (Å²) in [7, 11) is 0. The van der Waals surface area contributed by atoms with E-state index in [1.165, 1.54) is 0 Å². The number of fused-ring (bicyclic) bond motifs is 1. The van der Waals surface area contributed by atoms with Crippen LogP contribution in [-0.4, -0.2) is 42.7 Å². The average molecular weight is 543 g/mol. The Balaban J connectivity index is 1.52. The molecule has 0 aliphatic heterocycles. The quantitative estimate of drug-likeness (QED) is 0.349. The number of nitrogens with one attached hydrogen (secondary N) is 2. The first kappa shape index (κ1) is 25.5. The number of carbonyl (C=O) groups is 1. The third-order valence-corrected chi connectivity index (χ3v) is 7.88. The van der Waals surface area contributed by atoms with Gasteiger partial charge in [0.05, 0.1) is 39.7 Å². The summed E-state index contributed by atoms with van der Waals surface area (Å²) in [5, 5.41) is 26.5. The highest BCUT2D eigenvalue weighted by atomic mass is 35.5. The van der Waals surface area contributed by atoms with Crippen LogP contribution in [0.15, 0.2) is 18.3 Å². The number of aromatic nitrogens is 4. The van der Waals surface area contributed by atoms with E-state index in [2.05, 4.69) is 15.6 Å². The maximum absolute atomic E-state index is 11.7. The van der Waals surface area contributed by atoms with Crippen LogP contribution >= 0.6 is 23.2 Å². The molecule has 1 amide bonds. The van der Waals surface area contributed by atoms with Crippen LogP contribution in [0.25, 0.3) is 11.2 Å². The van der Waals surface area contributed by atoms with Gasteiger partial charge < -0.3 is 21.5 Å². The predicted molar refractivity (Wildman–Crippen MR) is 142 cm³/mol. The van der Waals surface area contributed by atoms with Gasteiger partial charge in [0.2, 0.25) is 17.8 Å². The molecular formula is C25H28Cl2N8O2. The number of nitriles is 1. The summed E-state index contributed by atoms with van der Waals surface area (Å²) in [4.78, 5) is 25.8. The lowest BCUT2D eigenvalue weighted by Crippen LogP contribution is -2.30. The highest BCUT2D eigenvalue weighted by Crippen LogP contribution is 2.39. The van der Waals surface area contributed by atoms with Crippen LogP contribution in [0.5, 0.6) is 0 Å². The van der Waals surface area contributed by atoms with Crippen molar-refractivity contribution in [1.29, 1.82) is 5.26 Å². The van der Waals surface area contributed by atoms with Gasteiger partial charge in [-0.2, -0.15) is 10.2 Å². The van der Waals surface area contributed by atoms with Crippen LogP contribution in [0.2, 0.25) is 10.0 Å². The summed E-state index contributed by atoms with van der Waals surface area (Å²) in [6, 6.07) is 5.24. The number of anilines is 3. The van der Waals surface area contributed by atoms with E-state index in [1.807, 2.05) is 10.6 Å². The van der Waals surface area contributed by atoms with Gasteiger partial charge in [-0.25, -0.2) is 9.97 Å². The molecule has 3 aromatic rings. The number of nitrogens with two attached hydrogens (primary N) is 1. The number of rotatable bonds is 6. The lowest BCUT2D eigenvalue weighted by molar-refractivity contribution is -0.122. The molecule has 12 heteroatoms. The summed E-state index contributed by atoms with van der Waals surface area (Å²) in [6.07, 6.45) is 7.51. The molecule has 2 heterocycles. The van der Waals surface area contributed by atoms with Gasteiger partial charge in [0, 0.05) is 18.0 Å². The number of aliphatic hydroxyl groups excluding tert-OH is 1. The number of nitrogens with zero attached hydrogens (tertiary/aromatic N) is 5. The Hall–Kier alpha value is -3.13. The van der Waals surface area contributed by atoms with E-state index in [-0.39, 0.29) is 30.0 Å². The van der Waals surface area contributed by atoms with Crippen molar-refractivity contribution in [2.75, 3.05) is 10.6 Å². The van der Waals surface area contributed by atoms with Crippen molar-refractivity contribution in [3.05, 3.63) is 33.9 Å². The van der Waals surface area contributed by atoms with E-state index in [9.17, 15) is 15.2 Å². The van der Waals surface area contributed by atoms with Crippen LogP contribution in [0.1, 0.15) is 63.0 Å². The molecule has 0 bridgehead atoms. The SMILES string of the molecule is N#Cc1cc(Cl)c(Nc2nc3cnc(NC4CCC[C@@H](O)C4)nc3n2C2CCC(C(N)=O)CC2)c(Cl)c1. The van der Waals surface area contributed by atoms with Gasteiger partial charge >= 0.3 is 0 Å². The molecule has 0 radical (unpaired) electrons. The Kier molecular flexibility index (Phi) is 7.38. The number of benzene rings is 1. The summed E-state index contributed by atoms with van der Waals surface area (Å²) < 4.78 is 2.01. The molecule has 10 nitrogen and oxygen atoms in total. The van der Waals surface area contributed by atoms with Gasteiger partial charge in [-0.15, -0.1) is 0 Å². The summed E-state index contributed by atoms with van der Waals surface area (Å²) in [5.41, 5.74) is 7.58. The number of hydrogen-bond donors (Lipinski definition) is 4. The van der Waals surface area contributed by atoms with Gasteiger partial charge in [0.15, 0.2) is 5.65 Å². The highest BCUT2D eigenvalue weighted by Gasteiger charge is 2.30. The largest absolute Gasteiger partial charge is 0.393 e. The average Bonchev–Trinajstić information content (AvgIpc) is 3.23. The molecule has 0 spiro atoms. The second kappa shape index (κ2) is 10.7. The molecule has 5 N–H and O–H groups in total. The molecule has 2 aliphatic carbocycles. The zero-order valence-electron chi connectivity index (χ0n) is 20.1. The van der Waals surface area contributed by atoms with Crippen LogP contribution in [0.4, 0.5) is 17.6 Å². The maximum atomic E-state index is 11.7. The fourth-order valence-corrected chi connectivity index (χ4v) is 5.94. The molecule has 2 fully saturated rings. The van der Waals surface area contributed by atoms with Crippen molar-refractivity contribution in [3.8, 4) is 6.07 Å². The lowest BCUT2D eigenvalue weighted by atomic mass is 9.85. The van der Waals surface area contributed by atoms with Crippen molar-refractivity contribution in [2.24, 2.45) is 11.7 Å². The minimum atomic E-state index is -0.321. The molecule has 1 unspecified atom stereocenters. The highest BCUT2D eigenvalue weighted by molar-refractivity contribution is 6.39. The van der Waals surface area contributed by atoms with E-state index in [1.54, 1.807) is 18.3 Å². The van der Waals surface area contributed by atoms with Gasteiger partial charge in [-0.3, -0.25) is 9.36 Å². The number of hydrogen-bond acceptors (Lipinski definition) is 8. The second-order valence-electron chi connectivity index (χ2n) is 9.83. The maximum Gasteiger partial charge on any atom is 0.224 e. The number of amides is 1. The summed E-state index contributed by atoms with van der Waals surface area (Å²) in [5.74, 6) is 0.548. The Labute approximate surface area is 224 Å². The van der Waals surface area contributed by atoms with E-state index in [4.69, 9.17) is 38.9 Å². The van der Waals surface area contributed by atoms with Crippen LogP contribution in [-0.2, 0) is 4.79 Å². The smallest absolute Gasteiger partial charge is 0.224 e. The van der Waals surface area contributed by atoms with E-state index in [0.29, 0.717) is 63.6 Å². The number of carbonyl (C=O) groups excluding carboxylic acids is 1. The molecule has 5 rings (SSSR count). The minimum absolute atomic E-state index is 0.0123. The van der Waals surface area contributed by atoms with Gasteiger partial charge in [-0.05, 0) is 63.5 Å².